The average molecular weight is 687 g/mol. The molecule has 0 saturated heterocycles. The Bertz CT molecular complexity index is 770. The normalized spacial score (nSPS) is 31.1. The molecule has 4 fully saturated rings. The number of rotatable bonds is 7. The molecule has 0 radical (unpaired) electrons. The van der Waals surface area contributed by atoms with Gasteiger partial charge in [-0.25, -0.2) is 0 Å². The smallest absolute Gasteiger partial charge is 0.307 e. The number of carboxylic acids is 4. The van der Waals surface area contributed by atoms with E-state index in [9.17, 15) is 19.2 Å². The topological polar surface area (TPSA) is 253 Å². The SMILES string of the molecule is CC1CCCCC1N.CC1CCCCC1N.CC1CCCCC1N.CC1CCCCC1N.O=C(O)CC(C(=O)O)C(CC(=O)O)C(=O)O. The molecule has 0 aromatic carbocycles. The highest BCUT2D eigenvalue weighted by Gasteiger charge is 2.37. The molecule has 48 heavy (non-hydrogen) atoms. The Morgan fingerprint density at radius 3 is 0.729 bits per heavy atom. The van der Waals surface area contributed by atoms with Crippen molar-refractivity contribution in [2.45, 2.75) is 167 Å². The molecule has 12 heteroatoms. The number of hydrogen-bond donors (Lipinski definition) is 8. The molecular formula is C36H70N4O8. The van der Waals surface area contributed by atoms with Crippen molar-refractivity contribution in [1.82, 2.24) is 0 Å². The van der Waals surface area contributed by atoms with Crippen molar-refractivity contribution in [3.8, 4) is 0 Å². The summed E-state index contributed by atoms with van der Waals surface area (Å²) in [5.74, 6) is -6.67. The van der Waals surface area contributed by atoms with E-state index in [4.69, 9.17) is 43.4 Å². The summed E-state index contributed by atoms with van der Waals surface area (Å²) in [4.78, 5) is 41.9. The van der Waals surface area contributed by atoms with Gasteiger partial charge in [0.1, 0.15) is 0 Å². The molecule has 282 valence electrons. The average Bonchev–Trinajstić information content (AvgIpc) is 3.02. The van der Waals surface area contributed by atoms with Crippen molar-refractivity contribution in [3.63, 3.8) is 0 Å². The molecule has 4 aliphatic carbocycles. The number of aliphatic carboxylic acids is 4. The number of nitrogens with two attached hydrogens (primary N) is 4. The van der Waals surface area contributed by atoms with Crippen molar-refractivity contribution >= 4 is 23.9 Å². The van der Waals surface area contributed by atoms with Gasteiger partial charge in [0.05, 0.1) is 24.7 Å². The predicted octanol–water partition coefficient (Wildman–Crippen LogP) is 5.43. The maximum Gasteiger partial charge on any atom is 0.307 e. The monoisotopic (exact) mass is 687 g/mol. The molecule has 4 aliphatic rings. The minimum atomic E-state index is -1.76. The highest BCUT2D eigenvalue weighted by atomic mass is 16.4. The summed E-state index contributed by atoms with van der Waals surface area (Å²) < 4.78 is 0. The van der Waals surface area contributed by atoms with Gasteiger partial charge in [0.25, 0.3) is 0 Å². The third-order valence-electron chi connectivity index (χ3n) is 10.6. The maximum absolute atomic E-state index is 10.6. The van der Waals surface area contributed by atoms with E-state index in [-0.39, 0.29) is 0 Å². The van der Waals surface area contributed by atoms with Crippen LogP contribution in [0.2, 0.25) is 0 Å². The lowest BCUT2D eigenvalue weighted by Gasteiger charge is -2.24. The third kappa shape index (κ3) is 20.9. The van der Waals surface area contributed by atoms with Gasteiger partial charge < -0.3 is 43.4 Å². The van der Waals surface area contributed by atoms with Crippen LogP contribution in [0, 0.1) is 35.5 Å². The number of hydrogen-bond acceptors (Lipinski definition) is 8. The first kappa shape index (κ1) is 45.7. The summed E-state index contributed by atoms with van der Waals surface area (Å²) in [7, 11) is 0. The predicted molar refractivity (Wildman–Crippen MR) is 189 cm³/mol. The first-order valence-corrected chi connectivity index (χ1v) is 18.4. The van der Waals surface area contributed by atoms with Crippen LogP contribution in [0.1, 0.15) is 143 Å². The molecule has 10 atom stereocenters. The largest absolute Gasteiger partial charge is 0.481 e. The van der Waals surface area contributed by atoms with Crippen molar-refractivity contribution in [1.29, 1.82) is 0 Å². The van der Waals surface area contributed by atoms with Gasteiger partial charge in [-0.15, -0.1) is 0 Å². The maximum atomic E-state index is 10.6. The van der Waals surface area contributed by atoms with Crippen LogP contribution < -0.4 is 22.9 Å². The van der Waals surface area contributed by atoms with Gasteiger partial charge in [-0.05, 0) is 75.0 Å². The summed E-state index contributed by atoms with van der Waals surface area (Å²) in [5, 5.41) is 34.1. The van der Waals surface area contributed by atoms with Gasteiger partial charge >= 0.3 is 23.9 Å². The Hall–Kier alpha value is -2.28. The second-order valence-corrected chi connectivity index (χ2v) is 14.8. The second kappa shape index (κ2) is 25.7. The Balaban J connectivity index is 0.000000596. The van der Waals surface area contributed by atoms with Crippen LogP contribution in [0.3, 0.4) is 0 Å². The van der Waals surface area contributed by atoms with E-state index in [0.29, 0.717) is 24.2 Å². The lowest BCUT2D eigenvalue weighted by molar-refractivity contribution is -0.160. The van der Waals surface area contributed by atoms with Crippen molar-refractivity contribution < 1.29 is 39.6 Å². The zero-order valence-corrected chi connectivity index (χ0v) is 30.2. The Morgan fingerprint density at radius 2 is 0.625 bits per heavy atom. The third-order valence-corrected chi connectivity index (χ3v) is 10.6. The minimum absolute atomic E-state index is 0.503. The minimum Gasteiger partial charge on any atom is -0.481 e. The van der Waals surface area contributed by atoms with E-state index in [2.05, 4.69) is 27.7 Å². The first-order chi connectivity index (χ1) is 22.5. The molecule has 0 bridgehead atoms. The fourth-order valence-corrected chi connectivity index (χ4v) is 6.56. The van der Waals surface area contributed by atoms with E-state index in [0.717, 1.165) is 23.7 Å². The molecule has 0 aromatic heterocycles. The lowest BCUT2D eigenvalue weighted by Crippen LogP contribution is -2.33. The summed E-state index contributed by atoms with van der Waals surface area (Å²) in [6.07, 6.45) is 19.5. The summed E-state index contributed by atoms with van der Waals surface area (Å²) in [5.41, 5.74) is 23.1. The zero-order valence-electron chi connectivity index (χ0n) is 30.2. The molecule has 10 unspecified atom stereocenters. The molecule has 0 aromatic rings. The Kier molecular flexibility index (Phi) is 24.4. The molecule has 4 saturated carbocycles. The van der Waals surface area contributed by atoms with Crippen LogP contribution in [-0.2, 0) is 19.2 Å². The molecule has 0 spiro atoms. The van der Waals surface area contributed by atoms with Crippen molar-refractivity contribution in [3.05, 3.63) is 0 Å². The first-order valence-electron chi connectivity index (χ1n) is 18.4. The molecule has 0 aliphatic heterocycles. The van der Waals surface area contributed by atoms with Gasteiger partial charge in [-0.1, -0.05) is 79.1 Å². The van der Waals surface area contributed by atoms with Crippen LogP contribution in [0.5, 0.6) is 0 Å². The molecule has 12 N–H and O–H groups in total. The van der Waals surface area contributed by atoms with Crippen LogP contribution in [0.4, 0.5) is 0 Å². The highest BCUT2D eigenvalue weighted by Crippen LogP contribution is 2.24. The van der Waals surface area contributed by atoms with E-state index in [1.165, 1.54) is 103 Å². The van der Waals surface area contributed by atoms with Crippen LogP contribution in [0.25, 0.3) is 0 Å². The fourth-order valence-electron chi connectivity index (χ4n) is 6.56. The lowest BCUT2D eigenvalue weighted by atomic mass is 9.87. The van der Waals surface area contributed by atoms with Crippen LogP contribution in [-0.4, -0.2) is 68.5 Å². The standard InChI is InChI=1S/C8H10O8.4C7H15N/c9-5(10)1-3(7(13)14)4(8(15)16)2-6(11)12;4*1-6-4-2-3-5-7(6)8/h3-4H,1-2H2,(H,9,10)(H,11,12)(H,13,14)(H,15,16);4*6-7H,2-5,8H2,1H3. The van der Waals surface area contributed by atoms with E-state index in [1.54, 1.807) is 0 Å². The molecule has 0 amide bonds. The second-order valence-electron chi connectivity index (χ2n) is 14.8. The molecular weight excluding hydrogens is 616 g/mol. The molecule has 4 rings (SSSR count). The number of carbonyl (C=O) groups is 4. The van der Waals surface area contributed by atoms with Gasteiger partial charge in [-0.3, -0.25) is 19.2 Å². The fraction of sp³-hybridized carbons (Fsp3) is 0.889. The van der Waals surface area contributed by atoms with Gasteiger partial charge in [-0.2, -0.15) is 0 Å². The van der Waals surface area contributed by atoms with Gasteiger partial charge in [0.15, 0.2) is 0 Å². The Morgan fingerprint density at radius 1 is 0.438 bits per heavy atom. The highest BCUT2D eigenvalue weighted by molar-refractivity contribution is 5.86. The van der Waals surface area contributed by atoms with E-state index >= 15 is 0 Å². The van der Waals surface area contributed by atoms with Crippen LogP contribution >= 0.6 is 0 Å². The van der Waals surface area contributed by atoms with E-state index < -0.39 is 48.6 Å². The Labute approximate surface area is 289 Å². The summed E-state index contributed by atoms with van der Waals surface area (Å²) >= 11 is 0. The van der Waals surface area contributed by atoms with Crippen molar-refractivity contribution in [2.75, 3.05) is 0 Å². The van der Waals surface area contributed by atoms with Gasteiger partial charge in [0.2, 0.25) is 0 Å². The van der Waals surface area contributed by atoms with Crippen molar-refractivity contribution in [2.24, 2.45) is 58.4 Å². The van der Waals surface area contributed by atoms with E-state index in [1.807, 2.05) is 0 Å². The number of carboxylic acid groups (broad SMARTS) is 4. The van der Waals surface area contributed by atoms with Gasteiger partial charge in [0, 0.05) is 24.2 Å². The molecule has 0 heterocycles. The van der Waals surface area contributed by atoms with Crippen LogP contribution in [0.15, 0.2) is 0 Å². The summed E-state index contributed by atoms with van der Waals surface area (Å²) in [6, 6.07) is 2.01. The summed E-state index contributed by atoms with van der Waals surface area (Å²) in [6.45, 7) is 9.02. The zero-order chi connectivity index (χ0) is 36.8. The molecule has 12 nitrogen and oxygen atoms in total. The quantitative estimate of drug-likeness (QED) is 0.167.